The summed E-state index contributed by atoms with van der Waals surface area (Å²) in [5, 5.41) is 14.7. The van der Waals surface area contributed by atoms with Crippen LogP contribution in [-0.4, -0.2) is 42.4 Å². The predicted octanol–water partition coefficient (Wildman–Crippen LogP) is 4.17. The van der Waals surface area contributed by atoms with Gasteiger partial charge in [-0.3, -0.25) is 9.52 Å². The van der Waals surface area contributed by atoms with Gasteiger partial charge in [0.25, 0.3) is 0 Å². The summed E-state index contributed by atoms with van der Waals surface area (Å²) in [6.45, 7) is 9.43. The van der Waals surface area contributed by atoms with Crippen molar-refractivity contribution in [1.82, 2.24) is 10.0 Å². The number of unbranched alkanes of at least 4 members (excludes halogenated alkanes) is 2. The number of hydrogen-bond acceptors (Lipinski definition) is 6. The van der Waals surface area contributed by atoms with Gasteiger partial charge in [0, 0.05) is 30.2 Å². The number of alkyl carbamates (subject to hydrolysis) is 1. The molecule has 0 bridgehead atoms. The van der Waals surface area contributed by atoms with Crippen LogP contribution in [0.5, 0.6) is 0 Å². The average Bonchev–Trinajstić information content (AvgIpc) is 2.57. The Morgan fingerprint density at radius 2 is 1.82 bits per heavy atom. The van der Waals surface area contributed by atoms with Gasteiger partial charge >= 0.3 is 12.1 Å². The number of anilines is 1. The Balaban J connectivity index is 2.16. The number of amides is 1. The highest BCUT2D eigenvalue weighted by Crippen LogP contribution is 2.23. The number of ether oxygens (including phenoxy) is 1. The van der Waals surface area contributed by atoms with E-state index < -0.39 is 11.6 Å². The molecule has 0 heterocycles. The minimum atomic E-state index is -0.807. The number of carbonyl (C=O) groups is 2. The van der Waals surface area contributed by atoms with Crippen LogP contribution < -0.4 is 15.4 Å². The summed E-state index contributed by atoms with van der Waals surface area (Å²) in [5.41, 5.74) is 1.58. The van der Waals surface area contributed by atoms with Gasteiger partial charge in [0.2, 0.25) is 0 Å². The van der Waals surface area contributed by atoms with Crippen molar-refractivity contribution in [3.05, 3.63) is 23.8 Å². The average molecular weight is 412 g/mol. The molecule has 0 aliphatic heterocycles. The number of nitrogens with one attached hydrogen (secondary N) is 3. The molecule has 0 atom stereocenters. The van der Waals surface area contributed by atoms with Crippen molar-refractivity contribution < 1.29 is 19.4 Å². The lowest BCUT2D eigenvalue weighted by Gasteiger charge is -2.19. The van der Waals surface area contributed by atoms with E-state index in [1.54, 1.807) is 11.9 Å². The highest BCUT2D eigenvalue weighted by atomic mass is 32.2. The normalized spacial score (nSPS) is 11.1. The first kappa shape index (κ1) is 24.1. The maximum Gasteiger partial charge on any atom is 0.407 e. The fourth-order valence-electron chi connectivity index (χ4n) is 2.30. The van der Waals surface area contributed by atoms with Crippen LogP contribution in [0.15, 0.2) is 23.1 Å². The number of benzene rings is 1. The van der Waals surface area contributed by atoms with Crippen LogP contribution >= 0.6 is 11.9 Å². The Morgan fingerprint density at radius 1 is 1.11 bits per heavy atom. The van der Waals surface area contributed by atoms with Crippen molar-refractivity contribution >= 4 is 29.7 Å². The van der Waals surface area contributed by atoms with E-state index in [-0.39, 0.29) is 12.5 Å². The van der Waals surface area contributed by atoms with Crippen molar-refractivity contribution in [2.45, 2.75) is 63.9 Å². The van der Waals surface area contributed by atoms with Crippen LogP contribution in [0.3, 0.4) is 0 Å². The molecule has 7 nitrogen and oxygen atoms in total. The topological polar surface area (TPSA) is 99.7 Å². The third-order valence-electron chi connectivity index (χ3n) is 3.68. The fourth-order valence-corrected chi connectivity index (χ4v) is 3.02. The van der Waals surface area contributed by atoms with Crippen LogP contribution in [0.4, 0.5) is 10.5 Å². The van der Waals surface area contributed by atoms with Gasteiger partial charge in [0.05, 0.1) is 6.42 Å². The minimum Gasteiger partial charge on any atom is -0.481 e. The molecule has 0 saturated heterocycles. The number of hydrogen-bond donors (Lipinski definition) is 4. The van der Waals surface area contributed by atoms with Gasteiger partial charge in [-0.25, -0.2) is 4.79 Å². The van der Waals surface area contributed by atoms with Gasteiger partial charge in [0.1, 0.15) is 5.60 Å². The van der Waals surface area contributed by atoms with Crippen molar-refractivity contribution in [2.24, 2.45) is 0 Å². The predicted molar refractivity (Wildman–Crippen MR) is 114 cm³/mol. The van der Waals surface area contributed by atoms with Gasteiger partial charge in [0.15, 0.2) is 0 Å². The van der Waals surface area contributed by atoms with Gasteiger partial charge in [-0.15, -0.1) is 0 Å². The van der Waals surface area contributed by atoms with Crippen molar-refractivity contribution in [2.75, 3.05) is 25.0 Å². The van der Waals surface area contributed by atoms with E-state index in [1.807, 2.05) is 45.9 Å². The van der Waals surface area contributed by atoms with Gasteiger partial charge in [-0.05, 0) is 70.2 Å². The third-order valence-corrected chi connectivity index (χ3v) is 4.52. The zero-order valence-electron chi connectivity index (χ0n) is 17.3. The molecule has 0 spiro atoms. The number of rotatable bonds is 12. The monoisotopic (exact) mass is 411 g/mol. The lowest BCUT2D eigenvalue weighted by atomic mass is 10.2. The maximum absolute atomic E-state index is 11.5. The number of aryl methyl sites for hydroxylation is 1. The van der Waals surface area contributed by atoms with Crippen molar-refractivity contribution in [1.29, 1.82) is 0 Å². The zero-order chi connectivity index (χ0) is 21.0. The second kappa shape index (κ2) is 12.5. The Hall–Kier alpha value is -1.93. The smallest absolute Gasteiger partial charge is 0.407 e. The van der Waals surface area contributed by atoms with E-state index in [2.05, 4.69) is 15.4 Å². The fraction of sp³-hybridized carbons (Fsp3) is 0.600. The van der Waals surface area contributed by atoms with E-state index in [0.29, 0.717) is 13.1 Å². The number of carbonyl (C=O) groups excluding carboxylic acids is 1. The summed E-state index contributed by atoms with van der Waals surface area (Å²) < 4.78 is 8.52. The van der Waals surface area contributed by atoms with Crippen LogP contribution in [0.1, 0.15) is 52.0 Å². The SMILES string of the molecule is Cc1ccc(SNCCCCCNC(=O)OC(C)(C)C)cc1NCCC(=O)O. The summed E-state index contributed by atoms with van der Waals surface area (Å²) in [5.74, 6) is -0.807. The van der Waals surface area contributed by atoms with Crippen LogP contribution in [-0.2, 0) is 9.53 Å². The highest BCUT2D eigenvalue weighted by Gasteiger charge is 2.15. The molecule has 158 valence electrons. The molecule has 0 aromatic heterocycles. The number of carboxylic acid groups (broad SMARTS) is 1. The first-order valence-electron chi connectivity index (χ1n) is 9.60. The molecule has 1 aromatic rings. The molecule has 0 fully saturated rings. The van der Waals surface area contributed by atoms with Crippen LogP contribution in [0, 0.1) is 6.92 Å². The van der Waals surface area contributed by atoms with Crippen molar-refractivity contribution in [3.63, 3.8) is 0 Å². The van der Waals surface area contributed by atoms with Crippen LogP contribution in [0.25, 0.3) is 0 Å². The molecule has 4 N–H and O–H groups in total. The first-order valence-corrected chi connectivity index (χ1v) is 10.4. The third kappa shape index (κ3) is 11.7. The quantitative estimate of drug-likeness (QED) is 0.302. The molecule has 1 amide bonds. The minimum absolute atomic E-state index is 0.0951. The summed E-state index contributed by atoms with van der Waals surface area (Å²) in [4.78, 5) is 23.2. The molecule has 0 aliphatic carbocycles. The largest absolute Gasteiger partial charge is 0.481 e. The van der Waals surface area contributed by atoms with E-state index in [0.717, 1.165) is 42.0 Å². The summed E-state index contributed by atoms with van der Waals surface area (Å²) in [6, 6.07) is 6.09. The molecule has 28 heavy (non-hydrogen) atoms. The summed E-state index contributed by atoms with van der Waals surface area (Å²) in [6.07, 6.45) is 2.66. The second-order valence-corrected chi connectivity index (χ2v) is 8.50. The molecule has 0 radical (unpaired) electrons. The molecule has 8 heteroatoms. The highest BCUT2D eigenvalue weighted by molar-refractivity contribution is 7.97. The second-order valence-electron chi connectivity index (χ2n) is 7.53. The molecule has 0 unspecified atom stereocenters. The maximum atomic E-state index is 11.5. The number of carboxylic acids is 1. The zero-order valence-corrected chi connectivity index (χ0v) is 18.1. The Bertz CT molecular complexity index is 632. The molecular weight excluding hydrogens is 378 g/mol. The lowest BCUT2D eigenvalue weighted by Crippen LogP contribution is -2.33. The molecule has 0 saturated carbocycles. The first-order chi connectivity index (χ1) is 13.2. The molecule has 1 aromatic carbocycles. The van der Waals surface area contributed by atoms with Gasteiger partial charge in [-0.2, -0.15) is 0 Å². The summed E-state index contributed by atoms with van der Waals surface area (Å²) in [7, 11) is 0. The van der Waals surface area contributed by atoms with Gasteiger partial charge in [-0.1, -0.05) is 12.5 Å². The van der Waals surface area contributed by atoms with E-state index >= 15 is 0 Å². The van der Waals surface area contributed by atoms with E-state index in [9.17, 15) is 9.59 Å². The standard InChI is InChI=1S/C20H33N3O4S/c1-15-8-9-16(14-17(15)21-13-10-18(24)25)28-23-12-7-5-6-11-22-19(26)27-20(2,3)4/h8-9,14,21,23H,5-7,10-13H2,1-4H3,(H,22,26)(H,24,25). The number of aliphatic carboxylic acids is 1. The molecular formula is C20H33N3O4S. The molecule has 0 aliphatic rings. The lowest BCUT2D eigenvalue weighted by molar-refractivity contribution is -0.136. The Morgan fingerprint density at radius 3 is 2.50 bits per heavy atom. The Labute approximate surface area is 172 Å². The van der Waals surface area contributed by atoms with Crippen LogP contribution in [0.2, 0.25) is 0 Å². The van der Waals surface area contributed by atoms with E-state index in [4.69, 9.17) is 9.84 Å². The molecule has 1 rings (SSSR count). The summed E-state index contributed by atoms with van der Waals surface area (Å²) >= 11 is 1.56. The van der Waals surface area contributed by atoms with E-state index in [1.165, 1.54) is 0 Å². The van der Waals surface area contributed by atoms with Gasteiger partial charge < -0.3 is 20.5 Å². The van der Waals surface area contributed by atoms with Crippen molar-refractivity contribution in [3.8, 4) is 0 Å². The Kier molecular flexibility index (Phi) is 10.8.